The predicted octanol–water partition coefficient (Wildman–Crippen LogP) is 2.25. The molecule has 1 fully saturated rings. The molecule has 0 saturated heterocycles. The van der Waals surface area contributed by atoms with E-state index in [1.165, 1.54) is 25.5 Å². The van der Waals surface area contributed by atoms with Crippen molar-refractivity contribution in [3.8, 4) is 0 Å². The fraction of sp³-hybridized carbons (Fsp3) is 0.688. The molecule has 1 aliphatic rings. The summed E-state index contributed by atoms with van der Waals surface area (Å²) in [5.74, 6) is 0.608. The lowest BCUT2D eigenvalue weighted by molar-refractivity contribution is 0.0681. The topological polar surface area (TPSA) is 31.4 Å². The molecule has 21 heavy (non-hydrogen) atoms. The number of halogens is 1. The van der Waals surface area contributed by atoms with Gasteiger partial charge >= 0.3 is 0 Å². The molecule has 5 heteroatoms. The second-order valence-electron chi connectivity index (χ2n) is 6.24. The first kappa shape index (κ1) is 16.2. The Labute approximate surface area is 127 Å². The molecular weight excluding hydrogens is 267 g/mol. The lowest BCUT2D eigenvalue weighted by Crippen LogP contribution is -2.57. The average Bonchev–Trinajstić information content (AvgIpc) is 2.39. The SMILES string of the molecule is CCNCc1cc(F)cnc1N(C)CC1(N(C)C)CCC1. The Bertz CT molecular complexity index is 471. The van der Waals surface area contributed by atoms with Gasteiger partial charge in [0.25, 0.3) is 0 Å². The number of likely N-dealkylation sites (N-methyl/N-ethyl adjacent to an activating group) is 2. The Morgan fingerprint density at radius 2 is 2.05 bits per heavy atom. The first-order valence-corrected chi connectivity index (χ1v) is 7.72. The van der Waals surface area contributed by atoms with Crippen molar-refractivity contribution in [1.82, 2.24) is 15.2 Å². The number of hydrogen-bond donors (Lipinski definition) is 1. The van der Waals surface area contributed by atoms with Crippen LogP contribution in [-0.4, -0.2) is 49.7 Å². The third kappa shape index (κ3) is 3.52. The minimum Gasteiger partial charge on any atom is -0.358 e. The monoisotopic (exact) mass is 294 g/mol. The summed E-state index contributed by atoms with van der Waals surface area (Å²) in [5.41, 5.74) is 1.16. The number of nitrogens with zero attached hydrogens (tertiary/aromatic N) is 3. The molecule has 1 aromatic heterocycles. The highest BCUT2D eigenvalue weighted by Gasteiger charge is 2.40. The van der Waals surface area contributed by atoms with E-state index in [0.29, 0.717) is 6.54 Å². The van der Waals surface area contributed by atoms with Gasteiger partial charge in [0, 0.05) is 31.2 Å². The smallest absolute Gasteiger partial charge is 0.141 e. The first-order valence-electron chi connectivity index (χ1n) is 7.72. The summed E-state index contributed by atoms with van der Waals surface area (Å²) in [4.78, 5) is 8.82. The van der Waals surface area contributed by atoms with Crippen LogP contribution in [0.3, 0.4) is 0 Å². The molecule has 0 aliphatic heterocycles. The maximum atomic E-state index is 13.5. The molecule has 1 aromatic rings. The van der Waals surface area contributed by atoms with Crippen molar-refractivity contribution < 1.29 is 4.39 Å². The van der Waals surface area contributed by atoms with Gasteiger partial charge in [-0.05, 0) is 46.0 Å². The third-order valence-corrected chi connectivity index (χ3v) is 4.60. The quantitative estimate of drug-likeness (QED) is 0.836. The highest BCUT2D eigenvalue weighted by atomic mass is 19.1. The molecule has 1 N–H and O–H groups in total. The van der Waals surface area contributed by atoms with Crippen LogP contribution in [-0.2, 0) is 6.54 Å². The molecule has 0 aromatic carbocycles. The Hall–Kier alpha value is -1.20. The fourth-order valence-electron chi connectivity index (χ4n) is 3.06. The maximum absolute atomic E-state index is 13.5. The van der Waals surface area contributed by atoms with Crippen molar-refractivity contribution in [2.75, 3.05) is 39.1 Å². The minimum absolute atomic E-state index is 0.236. The number of hydrogen-bond acceptors (Lipinski definition) is 4. The van der Waals surface area contributed by atoms with Crippen molar-refractivity contribution in [1.29, 1.82) is 0 Å². The maximum Gasteiger partial charge on any atom is 0.141 e. The van der Waals surface area contributed by atoms with Crippen LogP contribution in [0.4, 0.5) is 10.2 Å². The third-order valence-electron chi connectivity index (χ3n) is 4.60. The predicted molar refractivity (Wildman–Crippen MR) is 85.1 cm³/mol. The van der Waals surface area contributed by atoms with E-state index in [1.807, 2.05) is 6.92 Å². The Balaban J connectivity index is 2.16. The number of pyridine rings is 1. The van der Waals surface area contributed by atoms with E-state index in [4.69, 9.17) is 0 Å². The fourth-order valence-corrected chi connectivity index (χ4v) is 3.06. The zero-order chi connectivity index (χ0) is 15.5. The molecule has 2 rings (SSSR count). The summed E-state index contributed by atoms with van der Waals surface area (Å²) in [6, 6.07) is 1.59. The van der Waals surface area contributed by atoms with Gasteiger partial charge in [-0.15, -0.1) is 0 Å². The average molecular weight is 294 g/mol. The van der Waals surface area contributed by atoms with E-state index in [0.717, 1.165) is 24.5 Å². The van der Waals surface area contributed by atoms with Crippen molar-refractivity contribution in [3.63, 3.8) is 0 Å². The van der Waals surface area contributed by atoms with E-state index >= 15 is 0 Å². The normalized spacial score (nSPS) is 16.9. The van der Waals surface area contributed by atoms with Crippen LogP contribution < -0.4 is 10.2 Å². The van der Waals surface area contributed by atoms with Gasteiger partial charge in [-0.3, -0.25) is 0 Å². The van der Waals surface area contributed by atoms with E-state index < -0.39 is 0 Å². The van der Waals surface area contributed by atoms with Gasteiger partial charge in [0.15, 0.2) is 0 Å². The van der Waals surface area contributed by atoms with Crippen LogP contribution in [0.1, 0.15) is 31.7 Å². The van der Waals surface area contributed by atoms with Crippen molar-refractivity contribution in [3.05, 3.63) is 23.6 Å². The van der Waals surface area contributed by atoms with Gasteiger partial charge in [-0.25, -0.2) is 9.37 Å². The molecule has 0 spiro atoms. The minimum atomic E-state index is -0.272. The van der Waals surface area contributed by atoms with Crippen LogP contribution >= 0.6 is 0 Å². The summed E-state index contributed by atoms with van der Waals surface area (Å²) in [6.07, 6.45) is 5.03. The molecule has 4 nitrogen and oxygen atoms in total. The second-order valence-corrected chi connectivity index (χ2v) is 6.24. The van der Waals surface area contributed by atoms with Crippen molar-refractivity contribution in [2.24, 2.45) is 0 Å². The first-order chi connectivity index (χ1) is 9.98. The lowest BCUT2D eigenvalue weighted by Gasteiger charge is -2.49. The molecule has 118 valence electrons. The van der Waals surface area contributed by atoms with Gasteiger partial charge in [-0.2, -0.15) is 0 Å². The number of rotatable bonds is 7. The van der Waals surface area contributed by atoms with E-state index in [2.05, 4.69) is 41.2 Å². The van der Waals surface area contributed by atoms with Gasteiger partial charge in [0.2, 0.25) is 0 Å². The molecule has 1 heterocycles. The standard InChI is InChI=1S/C16H27FN4/c1-5-18-10-13-9-14(17)11-19-15(13)21(4)12-16(20(2)3)7-6-8-16/h9,11,18H,5-8,10,12H2,1-4H3. The molecular formula is C16H27FN4. The van der Waals surface area contributed by atoms with Gasteiger partial charge in [0.05, 0.1) is 6.20 Å². The lowest BCUT2D eigenvalue weighted by atomic mass is 9.75. The zero-order valence-corrected chi connectivity index (χ0v) is 13.6. The Kier molecular flexibility index (Phi) is 5.17. The van der Waals surface area contributed by atoms with Gasteiger partial charge < -0.3 is 15.1 Å². The highest BCUT2D eigenvalue weighted by molar-refractivity contribution is 5.47. The summed E-state index contributed by atoms with van der Waals surface area (Å²) in [5, 5.41) is 3.26. The molecule has 0 radical (unpaired) electrons. The highest BCUT2D eigenvalue weighted by Crippen LogP contribution is 2.37. The van der Waals surface area contributed by atoms with Crippen LogP contribution in [0.15, 0.2) is 12.3 Å². The van der Waals surface area contributed by atoms with Crippen LogP contribution in [0.5, 0.6) is 0 Å². The number of nitrogens with one attached hydrogen (secondary N) is 1. The molecule has 1 aliphatic carbocycles. The van der Waals surface area contributed by atoms with Crippen LogP contribution in [0, 0.1) is 5.82 Å². The zero-order valence-electron chi connectivity index (χ0n) is 13.6. The van der Waals surface area contributed by atoms with Crippen molar-refractivity contribution >= 4 is 5.82 Å². The van der Waals surface area contributed by atoms with Crippen molar-refractivity contribution in [2.45, 2.75) is 38.3 Å². The molecule has 0 amide bonds. The van der Waals surface area contributed by atoms with E-state index in [-0.39, 0.29) is 11.4 Å². The summed E-state index contributed by atoms with van der Waals surface area (Å²) < 4.78 is 13.5. The molecule has 0 atom stereocenters. The largest absolute Gasteiger partial charge is 0.358 e. The van der Waals surface area contributed by atoms with E-state index in [1.54, 1.807) is 6.07 Å². The Morgan fingerprint density at radius 3 is 2.57 bits per heavy atom. The summed E-state index contributed by atoms with van der Waals surface area (Å²) in [6.45, 7) is 4.49. The van der Waals surface area contributed by atoms with Crippen LogP contribution in [0.2, 0.25) is 0 Å². The molecule has 1 saturated carbocycles. The molecule has 0 bridgehead atoms. The van der Waals surface area contributed by atoms with Gasteiger partial charge in [0.1, 0.15) is 11.6 Å². The Morgan fingerprint density at radius 1 is 1.33 bits per heavy atom. The number of anilines is 1. The van der Waals surface area contributed by atoms with E-state index in [9.17, 15) is 4.39 Å². The summed E-state index contributed by atoms with van der Waals surface area (Å²) >= 11 is 0. The second kappa shape index (κ2) is 6.71. The number of aromatic nitrogens is 1. The van der Waals surface area contributed by atoms with Gasteiger partial charge in [-0.1, -0.05) is 6.92 Å². The summed E-state index contributed by atoms with van der Waals surface area (Å²) in [7, 11) is 6.34. The van der Waals surface area contributed by atoms with Crippen LogP contribution in [0.25, 0.3) is 0 Å². The molecule has 0 unspecified atom stereocenters.